The van der Waals surface area contributed by atoms with E-state index in [-0.39, 0.29) is 17.9 Å². The van der Waals surface area contributed by atoms with Crippen LogP contribution in [0.3, 0.4) is 0 Å². The Balaban J connectivity index is 2.76. The van der Waals surface area contributed by atoms with Gasteiger partial charge in [0, 0.05) is 0 Å². The van der Waals surface area contributed by atoms with E-state index in [1.165, 1.54) is 18.2 Å². The Morgan fingerprint density at radius 1 is 1.46 bits per heavy atom. The molecule has 3 heteroatoms. The zero-order valence-electron chi connectivity index (χ0n) is 7.03. The van der Waals surface area contributed by atoms with Gasteiger partial charge in [0.25, 0.3) is 0 Å². The van der Waals surface area contributed by atoms with Crippen LogP contribution in [0, 0.1) is 0 Å². The van der Waals surface area contributed by atoms with Crippen molar-refractivity contribution in [3.05, 3.63) is 42.5 Å². The Morgan fingerprint density at radius 3 is 2.77 bits per heavy atom. The molecule has 0 aliphatic carbocycles. The van der Waals surface area contributed by atoms with Crippen molar-refractivity contribution in [3.8, 4) is 5.75 Å². The van der Waals surface area contributed by atoms with Gasteiger partial charge in [0.1, 0.15) is 12.2 Å². The van der Waals surface area contributed by atoms with Crippen LogP contribution in [-0.2, 0) is 9.84 Å². The fourth-order valence-electron chi connectivity index (χ4n) is 0.848. The summed E-state index contributed by atoms with van der Waals surface area (Å²) < 4.78 is 4.70. The molecular weight excluding hydrogens is 168 g/mol. The lowest BCUT2D eigenvalue weighted by Crippen LogP contribution is -2.04. The molecule has 1 aromatic carbocycles. The van der Waals surface area contributed by atoms with Gasteiger partial charge in [0.2, 0.25) is 0 Å². The van der Waals surface area contributed by atoms with Gasteiger partial charge in [0.05, 0.1) is 0 Å². The number of hydrogen-bond acceptors (Lipinski definition) is 2. The van der Waals surface area contributed by atoms with Crippen molar-refractivity contribution in [2.24, 2.45) is 0 Å². The van der Waals surface area contributed by atoms with E-state index in [4.69, 9.17) is 4.74 Å². The normalized spacial score (nSPS) is 9.23. The smallest absolute Gasteiger partial charge is 0.342 e. The fourth-order valence-corrected chi connectivity index (χ4v) is 0.848. The Morgan fingerprint density at radius 2 is 2.15 bits per heavy atom. The highest BCUT2D eigenvalue weighted by Crippen LogP contribution is 2.17. The van der Waals surface area contributed by atoms with Crippen LogP contribution in [0.25, 0.3) is 0 Å². The molecule has 0 unspecified atom stereocenters. The lowest BCUT2D eigenvalue weighted by atomic mass is 10.2. The number of esters is 1. The molecule has 1 radical (unpaired) electrons. The van der Waals surface area contributed by atoms with Crippen LogP contribution >= 0.6 is 0 Å². The van der Waals surface area contributed by atoms with Gasteiger partial charge in [-0.3, -0.25) is 5.11 Å². The second kappa shape index (κ2) is 4.30. The summed E-state index contributed by atoms with van der Waals surface area (Å²) in [6.07, 6.45) is 1.45. The Labute approximate surface area is 76.3 Å². The first-order valence-corrected chi connectivity index (χ1v) is 3.79. The third-order valence-corrected chi connectivity index (χ3v) is 1.44. The van der Waals surface area contributed by atoms with Gasteiger partial charge in [0.15, 0.2) is 5.75 Å². The largest absolute Gasteiger partial charge is 0.458 e. The summed E-state index contributed by atoms with van der Waals surface area (Å²) in [5, 5.41) is 11.1. The van der Waals surface area contributed by atoms with Crippen LogP contribution in [0.2, 0.25) is 0 Å². The Bertz CT molecular complexity index is 318. The molecule has 0 spiro atoms. The zero-order valence-corrected chi connectivity index (χ0v) is 7.03. The summed E-state index contributed by atoms with van der Waals surface area (Å²) in [5.41, 5.74) is 0.0596. The van der Waals surface area contributed by atoms with E-state index < -0.39 is 5.97 Å². The summed E-state index contributed by atoms with van der Waals surface area (Å²) in [7, 11) is 0. The summed E-state index contributed by atoms with van der Waals surface area (Å²) in [6.45, 7) is 3.51. The molecule has 0 aliphatic heterocycles. The van der Waals surface area contributed by atoms with Crippen LogP contribution in [0.15, 0.2) is 36.9 Å². The molecule has 0 fully saturated rings. The van der Waals surface area contributed by atoms with Crippen molar-refractivity contribution in [2.45, 2.75) is 0 Å². The van der Waals surface area contributed by atoms with E-state index in [2.05, 4.69) is 6.58 Å². The number of hydrogen-bond donors (Lipinski definition) is 0. The molecule has 0 saturated heterocycles. The first-order valence-electron chi connectivity index (χ1n) is 3.79. The topological polar surface area (TPSA) is 46.2 Å². The maximum atomic E-state index is 11.2. The predicted octanol–water partition coefficient (Wildman–Crippen LogP) is 2.17. The quantitative estimate of drug-likeness (QED) is 0.524. The summed E-state index contributed by atoms with van der Waals surface area (Å²) >= 11 is 0. The first kappa shape index (κ1) is 9.32. The van der Waals surface area contributed by atoms with Crippen molar-refractivity contribution >= 4 is 5.97 Å². The summed E-state index contributed by atoms with van der Waals surface area (Å²) in [5.74, 6) is -0.929. The molecule has 13 heavy (non-hydrogen) atoms. The van der Waals surface area contributed by atoms with Gasteiger partial charge in [-0.05, 0) is 12.1 Å². The van der Waals surface area contributed by atoms with E-state index >= 15 is 0 Å². The molecule has 3 nitrogen and oxygen atoms in total. The molecule has 0 aromatic heterocycles. The summed E-state index contributed by atoms with van der Waals surface area (Å²) in [4.78, 5) is 11.2. The van der Waals surface area contributed by atoms with Crippen LogP contribution in [0.1, 0.15) is 10.4 Å². The highest BCUT2D eigenvalue weighted by molar-refractivity contribution is 5.92. The van der Waals surface area contributed by atoms with Crippen LogP contribution in [0.5, 0.6) is 5.75 Å². The van der Waals surface area contributed by atoms with E-state index in [1.807, 2.05) is 0 Å². The van der Waals surface area contributed by atoms with E-state index in [0.29, 0.717) is 0 Å². The number of ether oxygens (including phenoxy) is 1. The SMILES string of the molecule is C=CCOC(=O)c1ccccc1[O]. The monoisotopic (exact) mass is 177 g/mol. The molecular formula is C10H9O3. The first-order chi connectivity index (χ1) is 6.25. The minimum absolute atomic E-state index is 0.0596. The highest BCUT2D eigenvalue weighted by atomic mass is 16.5. The zero-order chi connectivity index (χ0) is 9.68. The summed E-state index contributed by atoms with van der Waals surface area (Å²) in [6, 6.07) is 5.96. The lowest BCUT2D eigenvalue weighted by molar-refractivity contribution is 0.0544. The molecule has 0 bridgehead atoms. The van der Waals surface area contributed by atoms with Crippen LogP contribution in [-0.4, -0.2) is 12.6 Å². The van der Waals surface area contributed by atoms with Gasteiger partial charge in [-0.1, -0.05) is 24.8 Å². The number of benzene rings is 1. The maximum absolute atomic E-state index is 11.2. The average Bonchev–Trinajstić information content (AvgIpc) is 2.15. The molecule has 0 N–H and O–H groups in total. The van der Waals surface area contributed by atoms with Gasteiger partial charge < -0.3 is 4.74 Å². The molecule has 0 heterocycles. The molecule has 67 valence electrons. The second-order valence-electron chi connectivity index (χ2n) is 2.38. The number of carbonyl (C=O) groups is 1. The standard InChI is InChI=1S/C10H9O3/c1-2-7-13-10(12)8-5-3-4-6-9(8)11/h2-6H,1,7H2. The van der Waals surface area contributed by atoms with Crippen molar-refractivity contribution in [1.29, 1.82) is 0 Å². The lowest BCUT2D eigenvalue weighted by Gasteiger charge is -2.01. The predicted molar refractivity (Wildman–Crippen MR) is 47.1 cm³/mol. The molecule has 1 rings (SSSR count). The number of carbonyl (C=O) groups excluding carboxylic acids is 1. The maximum Gasteiger partial charge on any atom is 0.342 e. The molecule has 0 saturated carbocycles. The van der Waals surface area contributed by atoms with Crippen molar-refractivity contribution in [2.75, 3.05) is 6.61 Å². The average molecular weight is 177 g/mol. The van der Waals surface area contributed by atoms with E-state index in [0.717, 1.165) is 0 Å². The Hall–Kier alpha value is -1.77. The molecule has 0 amide bonds. The van der Waals surface area contributed by atoms with E-state index in [1.54, 1.807) is 12.1 Å². The highest BCUT2D eigenvalue weighted by Gasteiger charge is 2.11. The molecule has 0 aliphatic rings. The van der Waals surface area contributed by atoms with Crippen LogP contribution < -0.4 is 0 Å². The third-order valence-electron chi connectivity index (χ3n) is 1.44. The van der Waals surface area contributed by atoms with Crippen molar-refractivity contribution in [1.82, 2.24) is 0 Å². The van der Waals surface area contributed by atoms with Crippen molar-refractivity contribution < 1.29 is 14.6 Å². The van der Waals surface area contributed by atoms with E-state index in [9.17, 15) is 9.90 Å². The van der Waals surface area contributed by atoms with Gasteiger partial charge >= 0.3 is 5.97 Å². The number of para-hydroxylation sites is 1. The van der Waals surface area contributed by atoms with Gasteiger partial charge in [-0.25, -0.2) is 4.79 Å². The Kier molecular flexibility index (Phi) is 3.09. The molecule has 0 atom stereocenters. The fraction of sp³-hybridized carbons (Fsp3) is 0.100. The molecule has 1 aromatic rings. The third kappa shape index (κ3) is 2.33. The minimum Gasteiger partial charge on any atom is -0.458 e. The van der Waals surface area contributed by atoms with Crippen LogP contribution in [0.4, 0.5) is 0 Å². The van der Waals surface area contributed by atoms with Gasteiger partial charge in [-0.15, -0.1) is 0 Å². The number of rotatable bonds is 3. The second-order valence-corrected chi connectivity index (χ2v) is 2.38. The minimum atomic E-state index is -0.606. The van der Waals surface area contributed by atoms with Gasteiger partial charge in [-0.2, -0.15) is 0 Å². The van der Waals surface area contributed by atoms with Crippen molar-refractivity contribution in [3.63, 3.8) is 0 Å².